The van der Waals surface area contributed by atoms with Crippen LogP contribution < -0.4 is 5.73 Å². The lowest BCUT2D eigenvalue weighted by Crippen LogP contribution is -2.16. The molecule has 1 aliphatic rings. The molecular formula is C12H16N5O11P3. The Morgan fingerprint density at radius 1 is 1.23 bits per heavy atom. The third-order valence-electron chi connectivity index (χ3n) is 4.08. The van der Waals surface area contributed by atoms with Crippen molar-refractivity contribution in [3.05, 3.63) is 24.2 Å². The van der Waals surface area contributed by atoms with Gasteiger partial charge in [0.2, 0.25) is 0 Å². The average molecular weight is 499 g/mol. The van der Waals surface area contributed by atoms with E-state index < -0.39 is 48.2 Å². The number of ether oxygens (including phenoxy) is 1. The van der Waals surface area contributed by atoms with E-state index in [9.17, 15) is 23.9 Å². The van der Waals surface area contributed by atoms with E-state index in [1.807, 2.05) is 6.07 Å². The smallest absolute Gasteiger partial charge is 0.382 e. The molecule has 1 saturated heterocycles. The second kappa shape index (κ2) is 8.67. The van der Waals surface area contributed by atoms with Gasteiger partial charge >= 0.3 is 23.5 Å². The summed E-state index contributed by atoms with van der Waals surface area (Å²) in [6.07, 6.45) is -0.534. The van der Waals surface area contributed by atoms with Crippen LogP contribution in [0.25, 0.3) is 5.52 Å². The molecule has 0 aromatic carbocycles. The van der Waals surface area contributed by atoms with Crippen molar-refractivity contribution in [2.75, 3.05) is 12.3 Å². The van der Waals surface area contributed by atoms with Crippen LogP contribution in [0.1, 0.15) is 18.0 Å². The molecule has 170 valence electrons. The number of phosphoric acid groups is 3. The van der Waals surface area contributed by atoms with Crippen molar-refractivity contribution in [2.45, 2.75) is 24.5 Å². The van der Waals surface area contributed by atoms with Gasteiger partial charge in [-0.1, -0.05) is 0 Å². The maximum Gasteiger partial charge on any atom is 0.490 e. The van der Waals surface area contributed by atoms with Gasteiger partial charge in [-0.3, -0.25) is 4.52 Å². The van der Waals surface area contributed by atoms with Gasteiger partial charge < -0.3 is 30.0 Å². The molecule has 1 aliphatic heterocycles. The number of aromatic nitrogens is 3. The molecule has 3 rings (SSSR count). The van der Waals surface area contributed by atoms with Crippen molar-refractivity contribution < 1.29 is 51.2 Å². The lowest BCUT2D eigenvalue weighted by molar-refractivity contribution is 0.0299. The summed E-state index contributed by atoms with van der Waals surface area (Å²) in [6, 6.07) is 5.27. The Kier molecular flexibility index (Phi) is 6.69. The van der Waals surface area contributed by atoms with Crippen molar-refractivity contribution in [1.29, 1.82) is 5.26 Å². The van der Waals surface area contributed by atoms with Crippen LogP contribution in [0.15, 0.2) is 18.5 Å². The fourth-order valence-corrected chi connectivity index (χ4v) is 6.05. The van der Waals surface area contributed by atoms with Gasteiger partial charge in [-0.25, -0.2) is 23.2 Å². The number of rotatable bonds is 8. The van der Waals surface area contributed by atoms with Crippen LogP contribution in [0.3, 0.4) is 0 Å². The molecule has 5 unspecified atom stereocenters. The van der Waals surface area contributed by atoms with E-state index in [2.05, 4.69) is 23.2 Å². The summed E-state index contributed by atoms with van der Waals surface area (Å²) < 4.78 is 52.6. The molecular weight excluding hydrogens is 483 g/mol. The Morgan fingerprint density at radius 3 is 2.58 bits per heavy atom. The Hall–Kier alpha value is -1.72. The molecule has 0 bridgehead atoms. The van der Waals surface area contributed by atoms with Gasteiger partial charge in [-0.2, -0.15) is 19.0 Å². The molecule has 1 fully saturated rings. The number of fused-ring (bicyclic) bond motifs is 1. The number of phosphoric ester groups is 1. The van der Waals surface area contributed by atoms with Crippen LogP contribution in [0, 0.1) is 11.3 Å². The average Bonchev–Trinajstić information content (AvgIpc) is 3.21. The second-order valence-electron chi connectivity index (χ2n) is 6.24. The Labute approximate surface area is 173 Å². The molecule has 5 atom stereocenters. The zero-order chi connectivity index (χ0) is 23.0. The predicted octanol–water partition coefficient (Wildman–Crippen LogP) is 0.419. The molecule has 0 saturated carbocycles. The lowest BCUT2D eigenvalue weighted by Gasteiger charge is -2.17. The summed E-state index contributed by atoms with van der Waals surface area (Å²) in [5.41, 5.74) is 6.86. The first kappa shape index (κ1) is 23.9. The number of nitriles is 1. The summed E-state index contributed by atoms with van der Waals surface area (Å²) >= 11 is 0. The highest BCUT2D eigenvalue weighted by Gasteiger charge is 2.43. The van der Waals surface area contributed by atoms with E-state index >= 15 is 0 Å². The van der Waals surface area contributed by atoms with Crippen LogP contribution in [0.2, 0.25) is 0 Å². The second-order valence-corrected chi connectivity index (χ2v) is 10.7. The Balaban J connectivity index is 1.68. The topological polar surface area (TPSA) is 249 Å². The van der Waals surface area contributed by atoms with Crippen molar-refractivity contribution in [3.63, 3.8) is 0 Å². The molecule has 16 nitrogen and oxygen atoms in total. The Morgan fingerprint density at radius 2 is 1.94 bits per heavy atom. The minimum Gasteiger partial charge on any atom is -0.382 e. The molecule has 19 heteroatoms. The largest absolute Gasteiger partial charge is 0.490 e. The van der Waals surface area contributed by atoms with Crippen molar-refractivity contribution >= 4 is 34.8 Å². The van der Waals surface area contributed by atoms with E-state index in [0.29, 0.717) is 11.2 Å². The molecule has 0 amide bonds. The molecule has 31 heavy (non-hydrogen) atoms. The fraction of sp³-hybridized carbons (Fsp3) is 0.417. The van der Waals surface area contributed by atoms with Crippen LogP contribution in [0.4, 0.5) is 5.82 Å². The number of hydrogen-bond donors (Lipinski definition) is 5. The lowest BCUT2D eigenvalue weighted by atomic mass is 9.96. The van der Waals surface area contributed by atoms with Crippen LogP contribution in [-0.2, 0) is 31.6 Å². The minimum atomic E-state index is -5.62. The van der Waals surface area contributed by atoms with Crippen molar-refractivity contribution in [2.24, 2.45) is 0 Å². The summed E-state index contributed by atoms with van der Waals surface area (Å²) in [7, 11) is -16.4. The van der Waals surface area contributed by atoms with E-state index in [0.717, 1.165) is 0 Å². The van der Waals surface area contributed by atoms with E-state index in [-0.39, 0.29) is 12.2 Å². The standard InChI is InChI=1S/C12H16N5O11P3/c13-4-11-8(9-1-2-10-12(14)15-6-16-17(9)10)3-7(26-11)5-25-30(21,22)28-31(23,24)27-29(18,19)20/h1-2,6-8,11H,3,5H2,(H,21,22)(H,23,24)(H2,14,15,16)(H2,18,19,20). The molecule has 3 heterocycles. The zero-order valence-corrected chi connectivity index (χ0v) is 17.9. The number of hydrogen-bond acceptors (Lipinski definition) is 11. The molecule has 0 radical (unpaired) electrons. The van der Waals surface area contributed by atoms with Crippen LogP contribution in [-0.4, -0.2) is 53.0 Å². The van der Waals surface area contributed by atoms with Crippen LogP contribution in [0.5, 0.6) is 0 Å². The first-order chi connectivity index (χ1) is 14.3. The molecule has 6 N–H and O–H groups in total. The number of nitrogens with two attached hydrogens (primary N) is 1. The van der Waals surface area contributed by atoms with Gasteiger partial charge in [0.25, 0.3) is 0 Å². The van der Waals surface area contributed by atoms with Gasteiger partial charge in [-0.05, 0) is 18.6 Å². The van der Waals surface area contributed by atoms with Gasteiger partial charge in [0, 0.05) is 11.6 Å². The van der Waals surface area contributed by atoms with Crippen LogP contribution >= 0.6 is 23.5 Å². The van der Waals surface area contributed by atoms with E-state index in [4.69, 9.17) is 25.2 Å². The first-order valence-corrected chi connectivity index (χ1v) is 12.7. The summed E-state index contributed by atoms with van der Waals surface area (Å²) in [4.78, 5) is 39.6. The molecule has 0 spiro atoms. The minimum absolute atomic E-state index is 0.129. The SMILES string of the molecule is N#CC1OC(COP(=O)(O)OP(=O)(O)OP(=O)(O)O)CC1c1ccc2c(N)ncnn12. The highest BCUT2D eigenvalue weighted by atomic mass is 31.3. The normalized spacial score (nSPS) is 25.7. The molecule has 0 aliphatic carbocycles. The van der Waals surface area contributed by atoms with Gasteiger partial charge in [0.15, 0.2) is 11.9 Å². The zero-order valence-electron chi connectivity index (χ0n) is 15.2. The third kappa shape index (κ3) is 5.95. The highest BCUT2D eigenvalue weighted by Crippen LogP contribution is 2.66. The summed E-state index contributed by atoms with van der Waals surface area (Å²) in [5.74, 6) is -0.311. The maximum absolute atomic E-state index is 11.8. The van der Waals surface area contributed by atoms with Crippen molar-refractivity contribution in [3.8, 4) is 6.07 Å². The summed E-state index contributed by atoms with van der Waals surface area (Å²) in [5, 5.41) is 13.5. The maximum atomic E-state index is 11.8. The van der Waals surface area contributed by atoms with Gasteiger partial charge in [-0.15, -0.1) is 0 Å². The van der Waals surface area contributed by atoms with E-state index in [1.165, 1.54) is 10.8 Å². The highest BCUT2D eigenvalue weighted by molar-refractivity contribution is 7.66. The number of nitrogen functional groups attached to an aromatic ring is 1. The van der Waals surface area contributed by atoms with Gasteiger partial charge in [0.1, 0.15) is 11.8 Å². The Bertz CT molecular complexity index is 1160. The number of nitrogens with zero attached hydrogens (tertiary/aromatic N) is 4. The first-order valence-electron chi connectivity index (χ1n) is 8.22. The fourth-order valence-electron chi connectivity index (χ4n) is 3.00. The molecule has 2 aromatic heterocycles. The monoisotopic (exact) mass is 499 g/mol. The number of anilines is 1. The van der Waals surface area contributed by atoms with Crippen molar-refractivity contribution in [1.82, 2.24) is 14.6 Å². The van der Waals surface area contributed by atoms with Gasteiger partial charge in [0.05, 0.1) is 18.8 Å². The predicted molar refractivity (Wildman–Crippen MR) is 98.8 cm³/mol. The van der Waals surface area contributed by atoms with E-state index in [1.54, 1.807) is 12.1 Å². The molecule has 2 aromatic rings. The summed E-state index contributed by atoms with van der Waals surface area (Å²) in [6.45, 7) is -0.654. The third-order valence-corrected chi connectivity index (χ3v) is 7.88. The quantitative estimate of drug-likeness (QED) is 0.309.